The fourth-order valence-electron chi connectivity index (χ4n) is 2.21. The van der Waals surface area contributed by atoms with Gasteiger partial charge in [0.2, 0.25) is 5.89 Å². The van der Waals surface area contributed by atoms with Crippen LogP contribution in [0.1, 0.15) is 37.9 Å². The maximum absolute atomic E-state index is 5.77. The molecule has 0 bridgehead atoms. The molecule has 1 aliphatic rings. The summed E-state index contributed by atoms with van der Waals surface area (Å²) in [4.78, 5) is 6.70. The van der Waals surface area contributed by atoms with Gasteiger partial charge in [0.15, 0.2) is 5.82 Å². The third-order valence-corrected chi connectivity index (χ3v) is 3.18. The van der Waals surface area contributed by atoms with Gasteiger partial charge in [0, 0.05) is 19.0 Å². The van der Waals surface area contributed by atoms with Crippen molar-refractivity contribution in [2.24, 2.45) is 5.73 Å². The number of nitrogens with two attached hydrogens (primary N) is 1. The first-order valence-corrected chi connectivity index (χ1v) is 6.09. The Balaban J connectivity index is 0.00000144. The number of likely N-dealkylation sites (tertiary alicyclic amines) is 1. The maximum atomic E-state index is 5.77. The summed E-state index contributed by atoms with van der Waals surface area (Å²) in [6.45, 7) is 4.60. The molecule has 1 unspecified atom stereocenters. The first-order valence-electron chi connectivity index (χ1n) is 6.09. The monoisotopic (exact) mass is 260 g/mol. The van der Waals surface area contributed by atoms with Crippen LogP contribution in [-0.2, 0) is 13.0 Å². The average Bonchev–Trinajstić information content (AvgIpc) is 2.77. The Bertz CT molecular complexity index is 331. The van der Waals surface area contributed by atoms with E-state index in [4.69, 9.17) is 10.3 Å². The van der Waals surface area contributed by atoms with Crippen molar-refractivity contribution in [3.05, 3.63) is 11.7 Å². The molecule has 0 aliphatic carbocycles. The Labute approximate surface area is 108 Å². The predicted molar refractivity (Wildman–Crippen MR) is 68.0 cm³/mol. The predicted octanol–water partition coefficient (Wildman–Crippen LogP) is 1.37. The van der Waals surface area contributed by atoms with Crippen molar-refractivity contribution in [3.8, 4) is 0 Å². The average molecular weight is 261 g/mol. The fraction of sp³-hybridized carbons (Fsp3) is 0.818. The molecule has 2 rings (SSSR count). The van der Waals surface area contributed by atoms with Gasteiger partial charge >= 0.3 is 0 Å². The third-order valence-electron chi connectivity index (χ3n) is 3.18. The van der Waals surface area contributed by atoms with Gasteiger partial charge in [0.05, 0.1) is 6.54 Å². The summed E-state index contributed by atoms with van der Waals surface area (Å²) < 4.78 is 5.11. The molecule has 0 amide bonds. The molecule has 1 fully saturated rings. The van der Waals surface area contributed by atoms with Gasteiger partial charge in [-0.3, -0.25) is 4.90 Å². The van der Waals surface area contributed by atoms with Gasteiger partial charge in [-0.1, -0.05) is 18.5 Å². The first kappa shape index (κ1) is 14.4. The number of hydrogen-bond acceptors (Lipinski definition) is 5. The van der Waals surface area contributed by atoms with Crippen LogP contribution in [0.15, 0.2) is 4.52 Å². The minimum absolute atomic E-state index is 0. The lowest BCUT2D eigenvalue weighted by Gasteiger charge is -2.33. The van der Waals surface area contributed by atoms with Crippen molar-refractivity contribution in [1.82, 2.24) is 15.0 Å². The Kier molecular flexibility index (Phi) is 5.88. The number of aromatic nitrogens is 2. The molecule has 2 heterocycles. The van der Waals surface area contributed by atoms with Crippen LogP contribution in [0.4, 0.5) is 0 Å². The van der Waals surface area contributed by atoms with Crippen LogP contribution < -0.4 is 5.73 Å². The van der Waals surface area contributed by atoms with Crippen molar-refractivity contribution in [2.75, 3.05) is 13.1 Å². The van der Waals surface area contributed by atoms with Crippen LogP contribution in [0.25, 0.3) is 0 Å². The molecule has 1 saturated heterocycles. The van der Waals surface area contributed by atoms with Crippen molar-refractivity contribution >= 4 is 12.4 Å². The quantitative estimate of drug-likeness (QED) is 0.886. The molecular formula is C11H21ClN4O. The molecule has 17 heavy (non-hydrogen) atoms. The van der Waals surface area contributed by atoms with Crippen molar-refractivity contribution in [2.45, 2.75) is 45.2 Å². The van der Waals surface area contributed by atoms with E-state index in [9.17, 15) is 0 Å². The van der Waals surface area contributed by atoms with E-state index in [1.165, 1.54) is 19.3 Å². The van der Waals surface area contributed by atoms with E-state index in [0.717, 1.165) is 37.8 Å². The number of piperidine rings is 1. The van der Waals surface area contributed by atoms with E-state index >= 15 is 0 Å². The van der Waals surface area contributed by atoms with E-state index in [2.05, 4.69) is 15.0 Å². The molecule has 0 saturated carbocycles. The third kappa shape index (κ3) is 3.66. The second kappa shape index (κ2) is 6.93. The second-order valence-electron chi connectivity index (χ2n) is 4.31. The minimum atomic E-state index is 0. The van der Waals surface area contributed by atoms with E-state index in [1.54, 1.807) is 0 Å². The summed E-state index contributed by atoms with van der Waals surface area (Å²) in [5, 5.41) is 3.98. The zero-order chi connectivity index (χ0) is 11.4. The second-order valence-corrected chi connectivity index (χ2v) is 4.31. The molecule has 6 heteroatoms. The molecule has 0 aromatic carbocycles. The lowest BCUT2D eigenvalue weighted by atomic mass is 10.0. The van der Waals surface area contributed by atoms with Crippen LogP contribution in [0.5, 0.6) is 0 Å². The maximum Gasteiger partial charge on any atom is 0.226 e. The number of rotatable bonds is 4. The zero-order valence-corrected chi connectivity index (χ0v) is 11.1. The molecular weight excluding hydrogens is 240 g/mol. The molecule has 1 aromatic rings. The Morgan fingerprint density at radius 2 is 2.29 bits per heavy atom. The van der Waals surface area contributed by atoms with Crippen molar-refractivity contribution < 1.29 is 4.52 Å². The molecule has 1 aromatic heterocycles. The summed E-state index contributed by atoms with van der Waals surface area (Å²) in [5.74, 6) is 1.51. The highest BCUT2D eigenvalue weighted by Crippen LogP contribution is 2.17. The van der Waals surface area contributed by atoms with Gasteiger partial charge in [-0.15, -0.1) is 12.4 Å². The smallest absolute Gasteiger partial charge is 0.226 e. The molecule has 2 N–H and O–H groups in total. The fourth-order valence-corrected chi connectivity index (χ4v) is 2.21. The zero-order valence-electron chi connectivity index (χ0n) is 10.3. The minimum Gasteiger partial charge on any atom is -0.339 e. The van der Waals surface area contributed by atoms with Gasteiger partial charge in [-0.2, -0.15) is 4.98 Å². The first-order chi connectivity index (χ1) is 7.83. The van der Waals surface area contributed by atoms with Crippen molar-refractivity contribution in [3.63, 3.8) is 0 Å². The van der Waals surface area contributed by atoms with E-state index in [1.807, 2.05) is 6.92 Å². The molecule has 5 nitrogen and oxygen atoms in total. The number of nitrogens with zero attached hydrogens (tertiary/aromatic N) is 3. The molecule has 0 spiro atoms. The highest BCUT2D eigenvalue weighted by molar-refractivity contribution is 5.85. The molecule has 0 radical (unpaired) electrons. The van der Waals surface area contributed by atoms with Crippen LogP contribution in [0, 0.1) is 0 Å². The Hall–Kier alpha value is -0.650. The van der Waals surface area contributed by atoms with Gasteiger partial charge < -0.3 is 10.3 Å². The lowest BCUT2D eigenvalue weighted by molar-refractivity contribution is 0.140. The van der Waals surface area contributed by atoms with Crippen LogP contribution in [0.2, 0.25) is 0 Å². The van der Waals surface area contributed by atoms with Crippen LogP contribution in [-0.4, -0.2) is 34.2 Å². The summed E-state index contributed by atoms with van der Waals surface area (Å²) >= 11 is 0. The highest BCUT2D eigenvalue weighted by Gasteiger charge is 2.22. The lowest BCUT2D eigenvalue weighted by Crippen LogP contribution is -2.43. The SMILES string of the molecule is CCc1nc(CN2CCCCC2CN)no1.Cl. The number of halogens is 1. The Morgan fingerprint density at radius 3 is 2.94 bits per heavy atom. The van der Waals surface area contributed by atoms with E-state index in [0.29, 0.717) is 6.04 Å². The van der Waals surface area contributed by atoms with Gasteiger partial charge in [0.25, 0.3) is 0 Å². The van der Waals surface area contributed by atoms with E-state index in [-0.39, 0.29) is 12.4 Å². The van der Waals surface area contributed by atoms with Gasteiger partial charge in [-0.25, -0.2) is 0 Å². The molecule has 1 aliphatic heterocycles. The van der Waals surface area contributed by atoms with E-state index < -0.39 is 0 Å². The number of aryl methyl sites for hydroxylation is 1. The molecule has 1 atom stereocenters. The summed E-state index contributed by atoms with van der Waals surface area (Å²) in [6, 6.07) is 0.484. The highest BCUT2D eigenvalue weighted by atomic mass is 35.5. The summed E-state index contributed by atoms with van der Waals surface area (Å²) in [5.41, 5.74) is 5.77. The van der Waals surface area contributed by atoms with Crippen LogP contribution >= 0.6 is 12.4 Å². The van der Waals surface area contributed by atoms with Crippen molar-refractivity contribution in [1.29, 1.82) is 0 Å². The normalized spacial score (nSPS) is 21.2. The Morgan fingerprint density at radius 1 is 1.47 bits per heavy atom. The standard InChI is InChI=1S/C11H20N4O.ClH/c1-2-11-13-10(14-16-11)8-15-6-4-3-5-9(15)7-12;/h9H,2-8,12H2,1H3;1H. The number of hydrogen-bond donors (Lipinski definition) is 1. The largest absolute Gasteiger partial charge is 0.339 e. The van der Waals surface area contributed by atoms with Crippen LogP contribution in [0.3, 0.4) is 0 Å². The summed E-state index contributed by atoms with van der Waals surface area (Å²) in [6.07, 6.45) is 4.52. The van der Waals surface area contributed by atoms with Gasteiger partial charge in [-0.05, 0) is 19.4 Å². The topological polar surface area (TPSA) is 68.2 Å². The molecule has 98 valence electrons. The summed E-state index contributed by atoms with van der Waals surface area (Å²) in [7, 11) is 0. The van der Waals surface area contributed by atoms with Gasteiger partial charge in [0.1, 0.15) is 0 Å².